The van der Waals surface area contributed by atoms with Crippen LogP contribution in [0.3, 0.4) is 0 Å². The maximum atomic E-state index is 12.9. The lowest BCUT2D eigenvalue weighted by molar-refractivity contribution is -0.137. The van der Waals surface area contributed by atoms with Crippen molar-refractivity contribution in [2.45, 2.75) is 25.9 Å². The van der Waals surface area contributed by atoms with Crippen LogP contribution >= 0.6 is 0 Å². The molecular weight excluding hydrogens is 385 g/mol. The van der Waals surface area contributed by atoms with Crippen LogP contribution in [0.5, 0.6) is 5.75 Å². The lowest BCUT2D eigenvalue weighted by atomic mass is 10.1. The van der Waals surface area contributed by atoms with Crippen LogP contribution in [-0.2, 0) is 15.8 Å². The molecule has 0 radical (unpaired) electrons. The zero-order valence-electron chi connectivity index (χ0n) is 15.8. The van der Waals surface area contributed by atoms with Gasteiger partial charge in [-0.25, -0.2) is 0 Å². The monoisotopic (exact) mass is 406 g/mol. The summed E-state index contributed by atoms with van der Waals surface area (Å²) in [6.45, 7) is 2.63. The standard InChI is InChI=1S/C21H21F3N2O3/c1-2-10-29-18-8-6-16(7-9-18)25-20(28)14-11-19(27)26(13-14)17-5-3-4-15(12-17)21(22,23)24/h3-9,12,14H,2,10-11,13H2,1H3,(H,25,28)/t14-/m0/s1. The number of ether oxygens (including phenoxy) is 1. The van der Waals surface area contributed by atoms with Gasteiger partial charge >= 0.3 is 6.18 Å². The summed E-state index contributed by atoms with van der Waals surface area (Å²) in [6, 6.07) is 11.4. The van der Waals surface area contributed by atoms with E-state index in [1.165, 1.54) is 17.0 Å². The number of alkyl halides is 3. The number of benzene rings is 2. The molecule has 3 rings (SSSR count). The van der Waals surface area contributed by atoms with E-state index in [2.05, 4.69) is 5.32 Å². The fourth-order valence-corrected chi connectivity index (χ4v) is 3.08. The molecule has 5 nitrogen and oxygen atoms in total. The Balaban J connectivity index is 1.64. The fourth-order valence-electron chi connectivity index (χ4n) is 3.08. The average molecular weight is 406 g/mol. The third kappa shape index (κ3) is 5.07. The van der Waals surface area contributed by atoms with Gasteiger partial charge < -0.3 is 15.0 Å². The first kappa shape index (κ1) is 20.7. The predicted molar refractivity (Wildman–Crippen MR) is 103 cm³/mol. The normalized spacial score (nSPS) is 16.8. The second-order valence-electron chi connectivity index (χ2n) is 6.82. The van der Waals surface area contributed by atoms with Crippen LogP contribution in [-0.4, -0.2) is 25.0 Å². The van der Waals surface area contributed by atoms with Gasteiger partial charge in [-0.1, -0.05) is 13.0 Å². The Morgan fingerprint density at radius 1 is 1.21 bits per heavy atom. The Morgan fingerprint density at radius 2 is 1.93 bits per heavy atom. The van der Waals surface area contributed by atoms with Crippen molar-refractivity contribution in [3.63, 3.8) is 0 Å². The van der Waals surface area contributed by atoms with Crippen molar-refractivity contribution < 1.29 is 27.5 Å². The van der Waals surface area contributed by atoms with E-state index in [0.717, 1.165) is 18.6 Å². The molecule has 1 atom stereocenters. The summed E-state index contributed by atoms with van der Waals surface area (Å²) >= 11 is 0. The van der Waals surface area contributed by atoms with Gasteiger partial charge in [0.2, 0.25) is 11.8 Å². The Bertz CT molecular complexity index is 881. The van der Waals surface area contributed by atoms with Gasteiger partial charge in [0.05, 0.1) is 18.1 Å². The Morgan fingerprint density at radius 3 is 2.59 bits per heavy atom. The minimum absolute atomic E-state index is 0.0314. The zero-order chi connectivity index (χ0) is 21.0. The summed E-state index contributed by atoms with van der Waals surface area (Å²) in [5, 5.41) is 2.74. The Labute approximate surface area is 166 Å². The van der Waals surface area contributed by atoms with Crippen molar-refractivity contribution in [3.05, 3.63) is 54.1 Å². The minimum atomic E-state index is -4.50. The summed E-state index contributed by atoms with van der Waals surface area (Å²) in [4.78, 5) is 26.0. The number of amides is 2. The van der Waals surface area contributed by atoms with Crippen LogP contribution in [0.15, 0.2) is 48.5 Å². The molecule has 1 fully saturated rings. The molecule has 154 valence electrons. The fraction of sp³-hybridized carbons (Fsp3) is 0.333. The van der Waals surface area contributed by atoms with Crippen LogP contribution in [0.4, 0.5) is 24.5 Å². The maximum absolute atomic E-state index is 12.9. The first-order valence-corrected chi connectivity index (χ1v) is 9.29. The lowest BCUT2D eigenvalue weighted by Gasteiger charge is -2.18. The largest absolute Gasteiger partial charge is 0.494 e. The lowest BCUT2D eigenvalue weighted by Crippen LogP contribution is -2.28. The quantitative estimate of drug-likeness (QED) is 0.769. The summed E-state index contributed by atoms with van der Waals surface area (Å²) in [6.07, 6.45) is -3.67. The van der Waals surface area contributed by atoms with Crippen molar-refractivity contribution in [2.24, 2.45) is 5.92 Å². The highest BCUT2D eigenvalue weighted by molar-refractivity contribution is 6.03. The van der Waals surface area contributed by atoms with Crippen molar-refractivity contribution in [3.8, 4) is 5.75 Å². The highest BCUT2D eigenvalue weighted by atomic mass is 19.4. The van der Waals surface area contributed by atoms with Crippen LogP contribution in [0.1, 0.15) is 25.3 Å². The molecule has 2 aromatic carbocycles. The summed E-state index contributed by atoms with van der Waals surface area (Å²) in [5.74, 6) is -0.687. The Hall–Kier alpha value is -3.03. The number of halogens is 3. The van der Waals surface area contributed by atoms with Gasteiger partial charge in [0.15, 0.2) is 0 Å². The molecule has 2 aromatic rings. The molecule has 0 aliphatic carbocycles. The third-order valence-electron chi connectivity index (χ3n) is 4.58. The summed E-state index contributed by atoms with van der Waals surface area (Å²) in [5.41, 5.74) is -0.137. The van der Waals surface area contributed by atoms with Gasteiger partial charge in [0.1, 0.15) is 5.75 Å². The van der Waals surface area contributed by atoms with E-state index in [1.807, 2.05) is 6.92 Å². The summed E-state index contributed by atoms with van der Waals surface area (Å²) < 4.78 is 44.2. The zero-order valence-corrected chi connectivity index (χ0v) is 15.8. The van der Waals surface area contributed by atoms with E-state index in [1.54, 1.807) is 24.3 Å². The second-order valence-corrected chi connectivity index (χ2v) is 6.82. The molecule has 0 unspecified atom stereocenters. The first-order chi connectivity index (χ1) is 13.8. The molecule has 1 heterocycles. The number of hydrogen-bond acceptors (Lipinski definition) is 3. The molecule has 1 aliphatic rings. The number of carbonyl (C=O) groups is 2. The van der Waals surface area contributed by atoms with Crippen molar-refractivity contribution >= 4 is 23.2 Å². The number of nitrogens with one attached hydrogen (secondary N) is 1. The molecular formula is C21H21F3N2O3. The predicted octanol–water partition coefficient (Wildman–Crippen LogP) is 4.49. The minimum Gasteiger partial charge on any atom is -0.494 e. The average Bonchev–Trinajstić information content (AvgIpc) is 3.09. The highest BCUT2D eigenvalue weighted by Gasteiger charge is 2.37. The molecule has 1 aliphatic heterocycles. The topological polar surface area (TPSA) is 58.6 Å². The van der Waals surface area contributed by atoms with Gasteiger partial charge in [-0.15, -0.1) is 0 Å². The van der Waals surface area contributed by atoms with Crippen LogP contribution in [0.2, 0.25) is 0 Å². The van der Waals surface area contributed by atoms with Crippen molar-refractivity contribution in [1.29, 1.82) is 0 Å². The number of anilines is 2. The second kappa shape index (κ2) is 8.55. The number of hydrogen-bond donors (Lipinski definition) is 1. The number of nitrogens with zero attached hydrogens (tertiary/aromatic N) is 1. The van der Waals surface area contributed by atoms with Crippen LogP contribution in [0, 0.1) is 5.92 Å². The SMILES string of the molecule is CCCOc1ccc(NC(=O)[C@H]2CC(=O)N(c3cccc(C(F)(F)F)c3)C2)cc1. The number of rotatable bonds is 6. The molecule has 0 saturated carbocycles. The third-order valence-corrected chi connectivity index (χ3v) is 4.58. The molecule has 1 N–H and O–H groups in total. The maximum Gasteiger partial charge on any atom is 0.416 e. The van der Waals surface area contributed by atoms with Gasteiger partial charge in [0, 0.05) is 24.3 Å². The van der Waals surface area contributed by atoms with E-state index >= 15 is 0 Å². The molecule has 1 saturated heterocycles. The van der Waals surface area contributed by atoms with E-state index < -0.39 is 17.7 Å². The van der Waals surface area contributed by atoms with E-state index in [4.69, 9.17) is 4.74 Å². The summed E-state index contributed by atoms with van der Waals surface area (Å²) in [7, 11) is 0. The van der Waals surface area contributed by atoms with E-state index in [0.29, 0.717) is 18.0 Å². The molecule has 29 heavy (non-hydrogen) atoms. The van der Waals surface area contributed by atoms with Crippen LogP contribution in [0.25, 0.3) is 0 Å². The molecule has 0 aromatic heterocycles. The molecule has 0 bridgehead atoms. The molecule has 2 amide bonds. The molecule has 8 heteroatoms. The van der Waals surface area contributed by atoms with Crippen LogP contribution < -0.4 is 15.0 Å². The van der Waals surface area contributed by atoms with Gasteiger partial charge in [-0.05, 0) is 48.9 Å². The van der Waals surface area contributed by atoms with Crippen molar-refractivity contribution in [1.82, 2.24) is 0 Å². The molecule has 0 spiro atoms. The Kier molecular flexibility index (Phi) is 6.10. The van der Waals surface area contributed by atoms with Gasteiger partial charge in [-0.3, -0.25) is 9.59 Å². The number of carbonyl (C=O) groups excluding carboxylic acids is 2. The smallest absolute Gasteiger partial charge is 0.416 e. The van der Waals surface area contributed by atoms with E-state index in [9.17, 15) is 22.8 Å². The first-order valence-electron chi connectivity index (χ1n) is 9.29. The van der Waals surface area contributed by atoms with Gasteiger partial charge in [-0.2, -0.15) is 13.2 Å². The van der Waals surface area contributed by atoms with Crippen molar-refractivity contribution in [2.75, 3.05) is 23.4 Å². The van der Waals surface area contributed by atoms with Gasteiger partial charge in [0.25, 0.3) is 0 Å². The highest BCUT2D eigenvalue weighted by Crippen LogP contribution is 2.33. The van der Waals surface area contributed by atoms with E-state index in [-0.39, 0.29) is 30.5 Å².